The highest BCUT2D eigenvalue weighted by atomic mass is 15.4. The van der Waals surface area contributed by atoms with Crippen molar-refractivity contribution in [3.05, 3.63) is 11.9 Å². The average Bonchev–Trinajstić information content (AvgIpc) is 2.49. The van der Waals surface area contributed by atoms with Crippen LogP contribution in [0.4, 0.5) is 0 Å². The van der Waals surface area contributed by atoms with Crippen molar-refractivity contribution in [2.45, 2.75) is 32.2 Å². The third-order valence-corrected chi connectivity index (χ3v) is 2.78. The fraction of sp³-hybridized carbons (Fsp3) is 0.778. The van der Waals surface area contributed by atoms with E-state index in [1.165, 1.54) is 0 Å². The molecule has 0 saturated carbocycles. The van der Waals surface area contributed by atoms with E-state index in [0.717, 1.165) is 25.2 Å². The smallest absolute Gasteiger partial charge is 0.0855 e. The predicted molar refractivity (Wildman–Crippen MR) is 50.6 cm³/mol. The third kappa shape index (κ3) is 1.58. The van der Waals surface area contributed by atoms with Crippen LogP contribution in [0.2, 0.25) is 0 Å². The van der Waals surface area contributed by atoms with Gasteiger partial charge in [0.2, 0.25) is 0 Å². The predicted octanol–water partition coefficient (Wildman–Crippen LogP) is 0.936. The molecule has 0 radical (unpaired) electrons. The van der Waals surface area contributed by atoms with Crippen LogP contribution < -0.4 is 5.32 Å². The maximum atomic E-state index is 4.18. The van der Waals surface area contributed by atoms with E-state index in [1.807, 2.05) is 4.68 Å². The van der Waals surface area contributed by atoms with E-state index < -0.39 is 0 Å². The van der Waals surface area contributed by atoms with Gasteiger partial charge in [-0.15, -0.1) is 5.10 Å². The lowest BCUT2D eigenvalue weighted by atomic mass is 10.1. The van der Waals surface area contributed by atoms with Crippen LogP contribution in [0.3, 0.4) is 0 Å². The molecule has 1 fully saturated rings. The fourth-order valence-corrected chi connectivity index (χ4v) is 1.36. The maximum absolute atomic E-state index is 4.18. The Morgan fingerprint density at radius 1 is 1.69 bits per heavy atom. The molecule has 0 spiro atoms. The molecule has 1 unspecified atom stereocenters. The summed E-state index contributed by atoms with van der Waals surface area (Å²) < 4.78 is 1.98. The third-order valence-electron chi connectivity index (χ3n) is 2.78. The highest BCUT2D eigenvalue weighted by molar-refractivity contribution is 5.01. The van der Waals surface area contributed by atoms with E-state index >= 15 is 0 Å². The van der Waals surface area contributed by atoms with E-state index in [2.05, 4.69) is 35.7 Å². The summed E-state index contributed by atoms with van der Waals surface area (Å²) in [5.74, 6) is 0.529. The molecule has 1 aliphatic heterocycles. The average molecular weight is 180 g/mol. The Hall–Kier alpha value is -0.900. The van der Waals surface area contributed by atoms with E-state index in [1.54, 1.807) is 0 Å². The van der Waals surface area contributed by atoms with E-state index in [0.29, 0.717) is 12.0 Å². The van der Waals surface area contributed by atoms with Gasteiger partial charge in [0.15, 0.2) is 0 Å². The maximum Gasteiger partial charge on any atom is 0.0855 e. The summed E-state index contributed by atoms with van der Waals surface area (Å²) in [6.07, 6.45) is 3.21. The molecule has 0 bridgehead atoms. The van der Waals surface area contributed by atoms with Gasteiger partial charge in [0, 0.05) is 25.2 Å². The molecule has 0 aliphatic carbocycles. The van der Waals surface area contributed by atoms with Gasteiger partial charge in [-0.25, -0.2) is 4.68 Å². The molecule has 4 nitrogen and oxygen atoms in total. The highest BCUT2D eigenvalue weighted by Gasteiger charge is 2.20. The number of hydrogen-bond donors (Lipinski definition) is 1. The molecule has 1 aromatic heterocycles. The van der Waals surface area contributed by atoms with Gasteiger partial charge in [-0.1, -0.05) is 19.1 Å². The summed E-state index contributed by atoms with van der Waals surface area (Å²) >= 11 is 0. The van der Waals surface area contributed by atoms with E-state index in [9.17, 15) is 0 Å². The molecule has 13 heavy (non-hydrogen) atoms. The van der Waals surface area contributed by atoms with Gasteiger partial charge in [-0.3, -0.25) is 0 Å². The number of hydrogen-bond acceptors (Lipinski definition) is 3. The summed E-state index contributed by atoms with van der Waals surface area (Å²) in [6.45, 7) is 6.43. The summed E-state index contributed by atoms with van der Waals surface area (Å²) in [4.78, 5) is 0. The Labute approximate surface area is 78.3 Å². The van der Waals surface area contributed by atoms with Crippen molar-refractivity contribution >= 4 is 0 Å². The van der Waals surface area contributed by atoms with Gasteiger partial charge in [0.1, 0.15) is 0 Å². The van der Waals surface area contributed by atoms with Crippen LogP contribution in [0.25, 0.3) is 0 Å². The molecular weight excluding hydrogens is 164 g/mol. The summed E-state index contributed by atoms with van der Waals surface area (Å²) in [6, 6.07) is 0.533. The van der Waals surface area contributed by atoms with Crippen molar-refractivity contribution in [3.8, 4) is 0 Å². The van der Waals surface area contributed by atoms with Crippen molar-refractivity contribution < 1.29 is 0 Å². The highest BCUT2D eigenvalue weighted by Crippen LogP contribution is 2.17. The van der Waals surface area contributed by atoms with Crippen molar-refractivity contribution in [2.75, 3.05) is 13.1 Å². The first kappa shape index (κ1) is 8.69. The van der Waals surface area contributed by atoms with Gasteiger partial charge in [-0.05, 0) is 6.42 Å². The molecular formula is C9H16N4. The Kier molecular flexibility index (Phi) is 2.31. The molecule has 72 valence electrons. The van der Waals surface area contributed by atoms with E-state index in [4.69, 9.17) is 0 Å². The molecule has 0 aromatic carbocycles. The first-order valence-corrected chi connectivity index (χ1v) is 4.93. The fourth-order valence-electron chi connectivity index (χ4n) is 1.36. The van der Waals surface area contributed by atoms with E-state index in [-0.39, 0.29) is 0 Å². The Balaban J connectivity index is 2.08. The molecule has 1 aromatic rings. The molecule has 1 saturated heterocycles. The monoisotopic (exact) mass is 180 g/mol. The van der Waals surface area contributed by atoms with Crippen LogP contribution in [0, 0.1) is 0 Å². The lowest BCUT2D eigenvalue weighted by Crippen LogP contribution is -2.43. The largest absolute Gasteiger partial charge is 0.312 e. The van der Waals surface area contributed by atoms with Gasteiger partial charge in [-0.2, -0.15) is 0 Å². The second kappa shape index (κ2) is 3.46. The normalized spacial score (nSPS) is 19.8. The molecule has 2 rings (SSSR count). The molecule has 1 atom stereocenters. The van der Waals surface area contributed by atoms with Gasteiger partial charge < -0.3 is 5.32 Å². The summed E-state index contributed by atoms with van der Waals surface area (Å²) in [7, 11) is 0. The van der Waals surface area contributed by atoms with Crippen LogP contribution in [-0.4, -0.2) is 28.1 Å². The zero-order valence-electron chi connectivity index (χ0n) is 8.20. The molecule has 0 amide bonds. The quantitative estimate of drug-likeness (QED) is 0.752. The van der Waals surface area contributed by atoms with Crippen molar-refractivity contribution in [3.63, 3.8) is 0 Å². The Bertz CT molecular complexity index is 258. The second-order valence-corrected chi connectivity index (χ2v) is 3.74. The Morgan fingerprint density at radius 3 is 3.00 bits per heavy atom. The zero-order valence-corrected chi connectivity index (χ0v) is 8.20. The Morgan fingerprint density at radius 2 is 2.46 bits per heavy atom. The van der Waals surface area contributed by atoms with Crippen molar-refractivity contribution in [1.29, 1.82) is 0 Å². The van der Waals surface area contributed by atoms with Crippen molar-refractivity contribution in [2.24, 2.45) is 0 Å². The molecule has 1 N–H and O–H groups in total. The molecule has 1 aliphatic rings. The van der Waals surface area contributed by atoms with Crippen LogP contribution in [0.5, 0.6) is 0 Å². The topological polar surface area (TPSA) is 42.7 Å². The lowest BCUT2D eigenvalue weighted by Gasteiger charge is -2.26. The van der Waals surface area contributed by atoms with Crippen LogP contribution in [-0.2, 0) is 0 Å². The minimum Gasteiger partial charge on any atom is -0.312 e. The summed E-state index contributed by atoms with van der Waals surface area (Å²) in [5.41, 5.74) is 1.12. The van der Waals surface area contributed by atoms with Crippen LogP contribution in [0.1, 0.15) is 37.9 Å². The zero-order chi connectivity index (χ0) is 9.26. The first-order chi connectivity index (χ1) is 6.31. The number of aromatic nitrogens is 3. The number of rotatable bonds is 3. The summed E-state index contributed by atoms with van der Waals surface area (Å²) in [5, 5.41) is 11.5. The number of nitrogens with zero attached hydrogens (tertiary/aromatic N) is 3. The van der Waals surface area contributed by atoms with Gasteiger partial charge >= 0.3 is 0 Å². The molecule has 2 heterocycles. The minimum atomic E-state index is 0.529. The van der Waals surface area contributed by atoms with Gasteiger partial charge in [0.25, 0.3) is 0 Å². The van der Waals surface area contributed by atoms with Crippen LogP contribution in [0.15, 0.2) is 6.20 Å². The minimum absolute atomic E-state index is 0.529. The first-order valence-electron chi connectivity index (χ1n) is 4.93. The second-order valence-electron chi connectivity index (χ2n) is 3.74. The van der Waals surface area contributed by atoms with Crippen molar-refractivity contribution in [1.82, 2.24) is 20.3 Å². The standard InChI is InChI=1S/C9H16N4/c1-3-7(2)9-6-13(12-11-9)8-4-10-5-8/h6-8,10H,3-5H2,1-2H3. The molecule has 4 heteroatoms. The SMILES string of the molecule is CCC(C)c1cn(C2CNC2)nn1. The van der Waals surface area contributed by atoms with Gasteiger partial charge in [0.05, 0.1) is 11.7 Å². The van der Waals surface area contributed by atoms with Crippen LogP contribution >= 0.6 is 0 Å². The number of nitrogens with one attached hydrogen (secondary N) is 1. The lowest BCUT2D eigenvalue weighted by molar-refractivity contribution is 0.312.